The summed E-state index contributed by atoms with van der Waals surface area (Å²) in [6, 6.07) is 16.0. The van der Waals surface area contributed by atoms with Crippen molar-refractivity contribution in [2.24, 2.45) is 0 Å². The van der Waals surface area contributed by atoms with Crippen LogP contribution < -0.4 is 4.90 Å². The average molecular weight is 374 g/mol. The molecule has 0 aliphatic carbocycles. The fourth-order valence-corrected chi connectivity index (χ4v) is 3.32. The third-order valence-corrected chi connectivity index (χ3v) is 4.57. The second-order valence-electron chi connectivity index (χ2n) is 6.29. The lowest BCUT2D eigenvalue weighted by Gasteiger charge is -2.26. The van der Waals surface area contributed by atoms with Crippen LogP contribution in [-0.4, -0.2) is 27.8 Å². The second-order valence-corrected chi connectivity index (χ2v) is 6.29. The Bertz CT molecular complexity index is 1080. The summed E-state index contributed by atoms with van der Waals surface area (Å²) in [6.07, 6.45) is 3.02. The van der Waals surface area contributed by atoms with Gasteiger partial charge in [-0.25, -0.2) is 4.39 Å². The number of nitrogens with zero attached hydrogens (tertiary/aromatic N) is 2. The van der Waals surface area contributed by atoms with Gasteiger partial charge < -0.3 is 5.11 Å². The molecule has 0 radical (unpaired) electrons. The minimum absolute atomic E-state index is 0.106. The second kappa shape index (κ2) is 7.08. The van der Waals surface area contributed by atoms with Gasteiger partial charge in [-0.1, -0.05) is 36.4 Å². The Kier molecular flexibility index (Phi) is 4.45. The Labute approximate surface area is 160 Å². The summed E-state index contributed by atoms with van der Waals surface area (Å²) in [4.78, 5) is 31.5. The molecule has 1 amide bonds. The molecule has 28 heavy (non-hydrogen) atoms. The molecule has 0 spiro atoms. The minimum atomic E-state index is -1.14. The van der Waals surface area contributed by atoms with Crippen LogP contribution in [0.15, 0.2) is 84.9 Å². The molecule has 1 aliphatic rings. The maximum Gasteiger partial charge on any atom is 0.294 e. The van der Waals surface area contributed by atoms with Crippen LogP contribution in [0.25, 0.3) is 5.57 Å². The molecule has 2 heterocycles. The largest absolute Gasteiger partial charge is 0.503 e. The first-order chi connectivity index (χ1) is 13.6. The first kappa shape index (κ1) is 17.6. The Balaban J connectivity index is 1.89. The van der Waals surface area contributed by atoms with Crippen LogP contribution in [0.5, 0.6) is 0 Å². The van der Waals surface area contributed by atoms with Crippen LogP contribution >= 0.6 is 0 Å². The average Bonchev–Trinajstić information content (AvgIpc) is 2.99. The highest BCUT2D eigenvalue weighted by Crippen LogP contribution is 2.37. The number of carbonyl (C=O) groups excluding carboxylic acids is 2. The summed E-state index contributed by atoms with van der Waals surface area (Å²) >= 11 is 0. The fraction of sp³-hybridized carbons (Fsp3) is 0.0455. The van der Waals surface area contributed by atoms with Gasteiger partial charge >= 0.3 is 0 Å². The van der Waals surface area contributed by atoms with E-state index >= 15 is 0 Å². The lowest BCUT2D eigenvalue weighted by atomic mass is 9.93. The van der Waals surface area contributed by atoms with Gasteiger partial charge in [0.25, 0.3) is 5.91 Å². The number of carbonyl (C=O) groups is 2. The molecule has 0 saturated heterocycles. The number of aromatic nitrogens is 1. The number of anilines is 1. The van der Waals surface area contributed by atoms with E-state index in [1.165, 1.54) is 29.3 Å². The summed E-state index contributed by atoms with van der Waals surface area (Å²) in [7, 11) is 0. The van der Waals surface area contributed by atoms with Gasteiger partial charge in [-0.15, -0.1) is 0 Å². The van der Waals surface area contributed by atoms with Crippen molar-refractivity contribution < 1.29 is 19.1 Å². The number of Topliss-reactive ketones (excluding diaryl/α,β-unsaturated/α-hetero) is 1. The van der Waals surface area contributed by atoms with Crippen LogP contribution in [0.3, 0.4) is 0 Å². The molecule has 2 aromatic carbocycles. The van der Waals surface area contributed by atoms with E-state index in [1.807, 2.05) is 0 Å². The molecule has 1 aliphatic heterocycles. The molecule has 1 N–H and O–H groups in total. The number of hydrogen-bond acceptors (Lipinski definition) is 4. The molecule has 0 saturated carbocycles. The molecule has 5 nitrogen and oxygen atoms in total. The topological polar surface area (TPSA) is 70.5 Å². The fourth-order valence-electron chi connectivity index (χ4n) is 3.32. The summed E-state index contributed by atoms with van der Waals surface area (Å²) in [5.74, 6) is -2.27. The molecule has 0 bridgehead atoms. The van der Waals surface area contributed by atoms with Crippen LogP contribution in [0.2, 0.25) is 0 Å². The number of benzene rings is 2. The van der Waals surface area contributed by atoms with Crippen LogP contribution in [0.4, 0.5) is 10.1 Å². The molecular formula is C22H15FN2O3. The number of aliphatic hydroxyl groups excluding tert-OH is 1. The van der Waals surface area contributed by atoms with Crippen molar-refractivity contribution in [3.05, 3.63) is 102 Å². The zero-order chi connectivity index (χ0) is 19.7. The molecular weight excluding hydrogens is 359 g/mol. The van der Waals surface area contributed by atoms with E-state index < -0.39 is 29.3 Å². The number of ketones is 1. The Morgan fingerprint density at radius 3 is 2.50 bits per heavy atom. The number of rotatable bonds is 4. The third kappa shape index (κ3) is 2.95. The normalized spacial score (nSPS) is 16.5. The number of halogens is 1. The van der Waals surface area contributed by atoms with E-state index in [9.17, 15) is 19.1 Å². The number of para-hydroxylation sites is 1. The predicted octanol–water partition coefficient (Wildman–Crippen LogP) is 3.79. The first-order valence-electron chi connectivity index (χ1n) is 8.60. The van der Waals surface area contributed by atoms with E-state index in [0.717, 1.165) is 6.07 Å². The highest BCUT2D eigenvalue weighted by Gasteiger charge is 2.45. The highest BCUT2D eigenvalue weighted by atomic mass is 19.1. The van der Waals surface area contributed by atoms with E-state index in [1.54, 1.807) is 48.7 Å². The zero-order valence-electron chi connectivity index (χ0n) is 14.6. The van der Waals surface area contributed by atoms with Crippen molar-refractivity contribution in [1.82, 2.24) is 4.98 Å². The lowest BCUT2D eigenvalue weighted by molar-refractivity contribution is -0.116. The van der Waals surface area contributed by atoms with Gasteiger partial charge in [0.15, 0.2) is 11.5 Å². The first-order valence-corrected chi connectivity index (χ1v) is 8.60. The summed E-state index contributed by atoms with van der Waals surface area (Å²) in [5, 5.41) is 10.6. The van der Waals surface area contributed by atoms with Gasteiger partial charge in [0, 0.05) is 34.8 Å². The minimum Gasteiger partial charge on any atom is -0.503 e. The van der Waals surface area contributed by atoms with Gasteiger partial charge in [-0.2, -0.15) is 0 Å². The van der Waals surface area contributed by atoms with Crippen molar-refractivity contribution in [3.63, 3.8) is 0 Å². The number of amides is 1. The van der Waals surface area contributed by atoms with Crippen LogP contribution in [0.1, 0.15) is 15.9 Å². The van der Waals surface area contributed by atoms with Crippen LogP contribution in [-0.2, 0) is 4.79 Å². The SMILES string of the molecule is O=C(c1cccc(F)c1)[C@@H]1C(c2cccnc2)=C(O)C(=O)N1c1ccccc1. The number of aliphatic hydroxyl groups is 1. The number of hydrogen-bond donors (Lipinski definition) is 1. The molecule has 138 valence electrons. The van der Waals surface area contributed by atoms with Crippen LogP contribution in [0, 0.1) is 5.82 Å². The zero-order valence-corrected chi connectivity index (χ0v) is 14.6. The van der Waals surface area contributed by atoms with Crippen molar-refractivity contribution in [3.8, 4) is 0 Å². The lowest BCUT2D eigenvalue weighted by Crippen LogP contribution is -2.41. The van der Waals surface area contributed by atoms with Gasteiger partial charge in [0.1, 0.15) is 11.9 Å². The monoisotopic (exact) mass is 374 g/mol. The Morgan fingerprint density at radius 2 is 1.82 bits per heavy atom. The van der Waals surface area contributed by atoms with E-state index in [0.29, 0.717) is 11.3 Å². The molecule has 1 atom stereocenters. The van der Waals surface area contributed by atoms with Gasteiger partial charge in [0.2, 0.25) is 0 Å². The molecule has 1 aromatic heterocycles. The smallest absolute Gasteiger partial charge is 0.294 e. The maximum atomic E-state index is 13.7. The third-order valence-electron chi connectivity index (χ3n) is 4.57. The van der Waals surface area contributed by atoms with Crippen molar-refractivity contribution in [1.29, 1.82) is 0 Å². The molecule has 4 rings (SSSR count). The number of pyridine rings is 1. The molecule has 6 heteroatoms. The summed E-state index contributed by atoms with van der Waals surface area (Å²) in [5.41, 5.74) is 1.15. The predicted molar refractivity (Wildman–Crippen MR) is 102 cm³/mol. The standard InChI is InChI=1S/C22H15FN2O3/c23-16-8-4-6-14(12-16)20(26)19-18(15-7-5-11-24-13-15)21(27)22(28)25(19)17-9-2-1-3-10-17/h1-13,19,27H/t19-/m0/s1. The van der Waals surface area contributed by atoms with Gasteiger partial charge in [-0.05, 0) is 30.3 Å². The summed E-state index contributed by atoms with van der Waals surface area (Å²) in [6.45, 7) is 0. The molecule has 3 aromatic rings. The van der Waals surface area contributed by atoms with Gasteiger partial charge in [0.05, 0.1) is 0 Å². The van der Waals surface area contributed by atoms with Crippen molar-refractivity contribution in [2.45, 2.75) is 6.04 Å². The summed E-state index contributed by atoms with van der Waals surface area (Å²) < 4.78 is 13.7. The quantitative estimate of drug-likeness (QED) is 0.706. The maximum absolute atomic E-state index is 13.7. The van der Waals surface area contributed by atoms with E-state index in [2.05, 4.69) is 4.98 Å². The molecule has 0 unspecified atom stereocenters. The van der Waals surface area contributed by atoms with E-state index in [-0.39, 0.29) is 11.1 Å². The van der Waals surface area contributed by atoms with E-state index in [4.69, 9.17) is 0 Å². The van der Waals surface area contributed by atoms with Gasteiger partial charge in [-0.3, -0.25) is 19.5 Å². The Hall–Kier alpha value is -3.80. The highest BCUT2D eigenvalue weighted by molar-refractivity contribution is 6.25. The molecule has 0 fully saturated rings. The Morgan fingerprint density at radius 1 is 1.04 bits per heavy atom. The van der Waals surface area contributed by atoms with Crippen molar-refractivity contribution in [2.75, 3.05) is 4.90 Å². The van der Waals surface area contributed by atoms with Crippen molar-refractivity contribution >= 4 is 23.0 Å².